The molecule has 0 unspecified atom stereocenters. The zero-order chi connectivity index (χ0) is 23.4. The van der Waals surface area contributed by atoms with Gasteiger partial charge in [0.2, 0.25) is 0 Å². The van der Waals surface area contributed by atoms with Crippen LogP contribution in [0.25, 0.3) is 10.4 Å². The van der Waals surface area contributed by atoms with Crippen LogP contribution in [0, 0.1) is 0 Å². The number of hydrogen-bond donors (Lipinski definition) is 1. The van der Waals surface area contributed by atoms with Crippen molar-refractivity contribution in [2.24, 2.45) is 0 Å². The highest BCUT2D eigenvalue weighted by Crippen LogP contribution is 2.36. The summed E-state index contributed by atoms with van der Waals surface area (Å²) in [5.41, 5.74) is 4.86. The summed E-state index contributed by atoms with van der Waals surface area (Å²) in [7, 11) is -2.69. The fourth-order valence-corrected chi connectivity index (χ4v) is 6.10. The number of aryl methyl sites for hydroxylation is 1. The van der Waals surface area contributed by atoms with Crippen LogP contribution in [-0.4, -0.2) is 39.6 Å². The number of carbonyl (C=O) groups is 1. The minimum Gasteiger partial charge on any atom is -0.465 e. The maximum atomic E-state index is 13.6. The van der Waals surface area contributed by atoms with Gasteiger partial charge in [-0.1, -0.05) is 19.1 Å². The van der Waals surface area contributed by atoms with Crippen LogP contribution in [0.1, 0.15) is 42.1 Å². The highest BCUT2D eigenvalue weighted by molar-refractivity contribution is 7.92. The fraction of sp³-hybridized carbons (Fsp3) is 0.333. The van der Waals surface area contributed by atoms with Crippen molar-refractivity contribution in [2.45, 2.75) is 37.5 Å². The van der Waals surface area contributed by atoms with Crippen molar-refractivity contribution in [1.29, 1.82) is 0 Å². The summed E-state index contributed by atoms with van der Waals surface area (Å²) < 4.78 is 34.8. The molecule has 1 aromatic heterocycles. The fourth-order valence-electron chi connectivity index (χ4n) is 4.08. The van der Waals surface area contributed by atoms with Crippen LogP contribution < -0.4 is 9.62 Å². The topological polar surface area (TPSA) is 88.6 Å². The molecule has 1 aliphatic rings. The SMILES string of the molecule is CCc1ccc(C(=O)OC)cc1S(=O)(=O)Nc1cc(-c2cncs2)ccc1N1CCCCC1. The first kappa shape index (κ1) is 23.3. The van der Waals surface area contributed by atoms with Gasteiger partial charge in [0.05, 0.1) is 39.3 Å². The average molecular weight is 486 g/mol. The number of esters is 1. The number of sulfonamides is 1. The van der Waals surface area contributed by atoms with Gasteiger partial charge >= 0.3 is 5.97 Å². The lowest BCUT2D eigenvalue weighted by Gasteiger charge is -2.31. The van der Waals surface area contributed by atoms with Gasteiger partial charge < -0.3 is 9.64 Å². The number of hydrogen-bond acceptors (Lipinski definition) is 7. The Kier molecular flexibility index (Phi) is 6.99. The highest BCUT2D eigenvalue weighted by atomic mass is 32.2. The van der Waals surface area contributed by atoms with E-state index in [9.17, 15) is 13.2 Å². The molecule has 0 aliphatic carbocycles. The molecular weight excluding hydrogens is 458 g/mol. The van der Waals surface area contributed by atoms with Crippen molar-refractivity contribution in [3.63, 3.8) is 0 Å². The number of ether oxygens (including phenoxy) is 1. The molecule has 0 bridgehead atoms. The summed E-state index contributed by atoms with van der Waals surface area (Å²) >= 11 is 1.50. The molecule has 1 aliphatic heterocycles. The molecule has 0 atom stereocenters. The van der Waals surface area contributed by atoms with Gasteiger partial charge in [-0.15, -0.1) is 11.3 Å². The molecule has 0 amide bonds. The zero-order valence-electron chi connectivity index (χ0n) is 18.7. The molecule has 174 valence electrons. The molecule has 0 radical (unpaired) electrons. The van der Waals surface area contributed by atoms with Crippen molar-refractivity contribution >= 4 is 38.7 Å². The Morgan fingerprint density at radius 1 is 1.15 bits per heavy atom. The Bertz CT molecular complexity index is 1230. The van der Waals surface area contributed by atoms with E-state index in [1.54, 1.807) is 23.8 Å². The van der Waals surface area contributed by atoms with Crippen LogP contribution >= 0.6 is 11.3 Å². The number of carbonyl (C=O) groups excluding carboxylic acids is 1. The van der Waals surface area contributed by atoms with Crippen LogP contribution in [0.5, 0.6) is 0 Å². The number of methoxy groups -OCH3 is 1. The number of rotatable bonds is 7. The number of nitrogens with zero attached hydrogens (tertiary/aromatic N) is 2. The van der Waals surface area contributed by atoms with Crippen LogP contribution in [0.3, 0.4) is 0 Å². The van der Waals surface area contributed by atoms with E-state index in [1.807, 2.05) is 25.1 Å². The Morgan fingerprint density at radius 2 is 1.94 bits per heavy atom. The summed E-state index contributed by atoms with van der Waals surface area (Å²) in [6.07, 6.45) is 5.61. The van der Waals surface area contributed by atoms with E-state index in [4.69, 9.17) is 4.74 Å². The molecule has 9 heteroatoms. The number of aromatic nitrogens is 1. The largest absolute Gasteiger partial charge is 0.465 e. The smallest absolute Gasteiger partial charge is 0.337 e. The lowest BCUT2D eigenvalue weighted by atomic mass is 10.1. The maximum absolute atomic E-state index is 13.6. The van der Waals surface area contributed by atoms with Gasteiger partial charge in [0.15, 0.2) is 0 Å². The molecule has 0 spiro atoms. The standard InChI is InChI=1S/C24H27N3O4S2/c1-3-17-7-8-19(24(28)31-2)14-23(17)33(29,30)26-20-13-18(22-15-25-16-32-22)9-10-21(20)27-11-5-4-6-12-27/h7-10,13-16,26H,3-6,11-12H2,1-2H3. The quantitative estimate of drug-likeness (QED) is 0.477. The van der Waals surface area contributed by atoms with Crippen molar-refractivity contribution in [3.05, 3.63) is 59.2 Å². The maximum Gasteiger partial charge on any atom is 0.337 e. The summed E-state index contributed by atoms with van der Waals surface area (Å²) in [5.74, 6) is -0.574. The highest BCUT2D eigenvalue weighted by Gasteiger charge is 2.24. The first-order valence-corrected chi connectivity index (χ1v) is 13.3. The molecular formula is C24H27N3O4S2. The molecule has 3 aromatic rings. The van der Waals surface area contributed by atoms with Crippen LogP contribution in [0.4, 0.5) is 11.4 Å². The molecule has 1 N–H and O–H groups in total. The number of thiazole rings is 1. The summed E-state index contributed by atoms with van der Waals surface area (Å²) in [5, 5.41) is 0. The van der Waals surface area contributed by atoms with E-state index >= 15 is 0 Å². The van der Waals surface area contributed by atoms with Gasteiger partial charge in [0.25, 0.3) is 10.0 Å². The minimum atomic E-state index is -3.96. The molecule has 1 saturated heterocycles. The van der Waals surface area contributed by atoms with E-state index in [2.05, 4.69) is 14.6 Å². The predicted octanol–water partition coefficient (Wildman–Crippen LogP) is 4.95. The summed E-state index contributed by atoms with van der Waals surface area (Å²) in [6.45, 7) is 3.65. The second kappa shape index (κ2) is 9.93. The average Bonchev–Trinajstić information content (AvgIpc) is 3.38. The monoisotopic (exact) mass is 485 g/mol. The molecule has 2 aromatic carbocycles. The first-order valence-electron chi connectivity index (χ1n) is 10.9. The van der Waals surface area contributed by atoms with E-state index in [0.717, 1.165) is 42.1 Å². The van der Waals surface area contributed by atoms with Gasteiger partial charge in [-0.2, -0.15) is 0 Å². The minimum absolute atomic E-state index is 0.0840. The molecule has 0 saturated carbocycles. The second-order valence-electron chi connectivity index (χ2n) is 7.92. The summed E-state index contributed by atoms with van der Waals surface area (Å²) in [4.78, 5) is 19.5. The van der Waals surface area contributed by atoms with E-state index in [1.165, 1.54) is 30.9 Å². The number of nitrogens with one attached hydrogen (secondary N) is 1. The first-order chi connectivity index (χ1) is 15.9. The van der Waals surface area contributed by atoms with Crippen molar-refractivity contribution in [1.82, 2.24) is 4.98 Å². The van der Waals surface area contributed by atoms with Gasteiger partial charge in [-0.3, -0.25) is 9.71 Å². The molecule has 1 fully saturated rings. The number of piperidine rings is 1. The van der Waals surface area contributed by atoms with Crippen molar-refractivity contribution in [3.8, 4) is 10.4 Å². The van der Waals surface area contributed by atoms with Crippen molar-refractivity contribution in [2.75, 3.05) is 29.8 Å². The molecule has 4 rings (SSSR count). The summed E-state index contributed by atoms with van der Waals surface area (Å²) in [6, 6.07) is 10.5. The van der Waals surface area contributed by atoms with E-state index in [0.29, 0.717) is 17.7 Å². The van der Waals surface area contributed by atoms with Gasteiger partial charge in [-0.05, 0) is 61.1 Å². The number of benzene rings is 2. The lowest BCUT2D eigenvalue weighted by molar-refractivity contribution is 0.0600. The van der Waals surface area contributed by atoms with Gasteiger partial charge in [-0.25, -0.2) is 13.2 Å². The third kappa shape index (κ3) is 5.04. The van der Waals surface area contributed by atoms with Crippen LogP contribution in [0.15, 0.2) is 53.0 Å². The zero-order valence-corrected chi connectivity index (χ0v) is 20.3. The van der Waals surface area contributed by atoms with Crippen LogP contribution in [-0.2, 0) is 21.2 Å². The van der Waals surface area contributed by atoms with E-state index in [-0.39, 0.29) is 10.5 Å². The van der Waals surface area contributed by atoms with Gasteiger partial charge in [0, 0.05) is 19.3 Å². The Morgan fingerprint density at radius 3 is 2.61 bits per heavy atom. The number of anilines is 2. The third-order valence-corrected chi connectivity index (χ3v) is 8.08. The Hall–Kier alpha value is -2.91. The van der Waals surface area contributed by atoms with Crippen LogP contribution in [0.2, 0.25) is 0 Å². The normalized spacial score (nSPS) is 14.2. The third-order valence-electron chi connectivity index (χ3n) is 5.81. The molecule has 2 heterocycles. The van der Waals surface area contributed by atoms with E-state index < -0.39 is 16.0 Å². The molecule has 7 nitrogen and oxygen atoms in total. The Balaban J connectivity index is 1.78. The molecule has 33 heavy (non-hydrogen) atoms. The second-order valence-corrected chi connectivity index (χ2v) is 10.5. The predicted molar refractivity (Wildman–Crippen MR) is 132 cm³/mol. The van der Waals surface area contributed by atoms with Crippen molar-refractivity contribution < 1.29 is 17.9 Å². The lowest BCUT2D eigenvalue weighted by Crippen LogP contribution is -2.30. The Labute approximate surface area is 198 Å². The van der Waals surface area contributed by atoms with Gasteiger partial charge in [0.1, 0.15) is 0 Å².